The molecule has 5 rings (SSSR count). The summed E-state index contributed by atoms with van der Waals surface area (Å²) in [5, 5.41) is 8.28. The molecule has 5 heteroatoms. The van der Waals surface area contributed by atoms with Crippen LogP contribution in [-0.2, 0) is 6.54 Å². The van der Waals surface area contributed by atoms with Crippen LogP contribution in [-0.4, -0.2) is 15.7 Å². The van der Waals surface area contributed by atoms with Crippen molar-refractivity contribution in [1.29, 1.82) is 0 Å². The van der Waals surface area contributed by atoms with Gasteiger partial charge in [-0.1, -0.05) is 54.6 Å². The number of para-hydroxylation sites is 3. The Morgan fingerprint density at radius 2 is 1.34 bits per heavy atom. The Kier molecular flexibility index (Phi) is 4.33. The van der Waals surface area contributed by atoms with Gasteiger partial charge in [0.05, 0.1) is 17.9 Å². The highest BCUT2D eigenvalue weighted by Crippen LogP contribution is 2.33. The summed E-state index contributed by atoms with van der Waals surface area (Å²) in [7, 11) is 0. The minimum Gasteiger partial charge on any atom is -0.326 e. The molecule has 0 aliphatic carbocycles. The molecule has 29 heavy (non-hydrogen) atoms. The Morgan fingerprint density at radius 1 is 0.759 bits per heavy atom. The van der Waals surface area contributed by atoms with E-state index < -0.39 is 0 Å². The molecule has 1 N–H and O–H groups in total. The number of nitrogens with one attached hydrogen (secondary N) is 1. The molecule has 0 bridgehead atoms. The van der Waals surface area contributed by atoms with Gasteiger partial charge in [0, 0.05) is 16.9 Å². The first-order chi connectivity index (χ1) is 14.3. The van der Waals surface area contributed by atoms with Crippen LogP contribution in [0.1, 0.15) is 11.3 Å². The van der Waals surface area contributed by atoms with E-state index in [1.807, 2.05) is 78.3 Å². The first-order valence-corrected chi connectivity index (χ1v) is 9.67. The van der Waals surface area contributed by atoms with Crippen molar-refractivity contribution in [1.82, 2.24) is 9.78 Å². The van der Waals surface area contributed by atoms with Crippen LogP contribution in [0, 0.1) is 6.92 Å². The number of rotatable bonds is 3. The van der Waals surface area contributed by atoms with Gasteiger partial charge in [-0.05, 0) is 43.3 Å². The fourth-order valence-electron chi connectivity index (χ4n) is 3.56. The number of nitrogens with zero attached hydrogens (tertiary/aromatic N) is 4. The topological polar surface area (TPSA) is 45.5 Å². The van der Waals surface area contributed by atoms with Crippen LogP contribution < -0.4 is 10.2 Å². The number of benzene rings is 3. The van der Waals surface area contributed by atoms with Crippen LogP contribution in [0.25, 0.3) is 5.69 Å². The smallest absolute Gasteiger partial charge is 0.210 e. The summed E-state index contributed by atoms with van der Waals surface area (Å²) in [5.74, 6) is 1.66. The molecule has 142 valence electrons. The monoisotopic (exact) mass is 379 g/mol. The molecule has 3 aromatic carbocycles. The van der Waals surface area contributed by atoms with Crippen molar-refractivity contribution in [3.8, 4) is 5.69 Å². The van der Waals surface area contributed by atoms with Gasteiger partial charge in [-0.15, -0.1) is 0 Å². The van der Waals surface area contributed by atoms with E-state index in [0.717, 1.165) is 40.1 Å². The fourth-order valence-corrected chi connectivity index (χ4v) is 3.56. The lowest BCUT2D eigenvalue weighted by molar-refractivity contribution is 0.860. The first kappa shape index (κ1) is 17.3. The SMILES string of the molecule is Cc1nn(-c2ccccc2)c2c1CN(c1ccccc1)C(Nc1ccccc1)=N2. The minimum atomic E-state index is 0.705. The van der Waals surface area contributed by atoms with Gasteiger partial charge in [-0.25, -0.2) is 4.68 Å². The highest BCUT2D eigenvalue weighted by atomic mass is 15.4. The number of guanidine groups is 1. The van der Waals surface area contributed by atoms with Gasteiger partial charge in [0.25, 0.3) is 0 Å². The number of aromatic nitrogens is 2. The molecule has 0 amide bonds. The molecule has 4 aromatic rings. The van der Waals surface area contributed by atoms with E-state index >= 15 is 0 Å². The first-order valence-electron chi connectivity index (χ1n) is 9.67. The highest BCUT2D eigenvalue weighted by molar-refractivity contribution is 6.07. The van der Waals surface area contributed by atoms with E-state index in [1.54, 1.807) is 0 Å². The number of hydrogen-bond acceptors (Lipinski definition) is 4. The fraction of sp³-hybridized carbons (Fsp3) is 0.0833. The van der Waals surface area contributed by atoms with Crippen molar-refractivity contribution in [2.45, 2.75) is 13.5 Å². The maximum absolute atomic E-state index is 5.03. The van der Waals surface area contributed by atoms with Gasteiger partial charge < -0.3 is 10.2 Å². The highest BCUT2D eigenvalue weighted by Gasteiger charge is 2.27. The molecule has 0 unspecified atom stereocenters. The number of hydrogen-bond donors (Lipinski definition) is 1. The Balaban J connectivity index is 1.64. The molecule has 2 heterocycles. The summed E-state index contributed by atoms with van der Waals surface area (Å²) in [6.07, 6.45) is 0. The van der Waals surface area contributed by atoms with Gasteiger partial charge in [0.2, 0.25) is 5.96 Å². The summed E-state index contributed by atoms with van der Waals surface area (Å²) in [4.78, 5) is 7.22. The largest absolute Gasteiger partial charge is 0.326 e. The van der Waals surface area contributed by atoms with Crippen molar-refractivity contribution in [2.24, 2.45) is 4.99 Å². The molecular weight excluding hydrogens is 358 g/mol. The normalized spacial score (nSPS) is 13.0. The summed E-state index contributed by atoms with van der Waals surface area (Å²) in [5.41, 5.74) is 5.22. The maximum Gasteiger partial charge on any atom is 0.210 e. The van der Waals surface area contributed by atoms with E-state index in [9.17, 15) is 0 Å². The molecule has 1 aromatic heterocycles. The van der Waals surface area contributed by atoms with Gasteiger partial charge >= 0.3 is 0 Å². The second-order valence-electron chi connectivity index (χ2n) is 6.98. The Morgan fingerprint density at radius 3 is 2.00 bits per heavy atom. The predicted octanol–water partition coefficient (Wildman–Crippen LogP) is 5.30. The average molecular weight is 379 g/mol. The van der Waals surface area contributed by atoms with Gasteiger partial charge in [-0.3, -0.25) is 0 Å². The zero-order valence-electron chi connectivity index (χ0n) is 16.2. The van der Waals surface area contributed by atoms with Crippen molar-refractivity contribution in [2.75, 3.05) is 10.2 Å². The maximum atomic E-state index is 5.03. The van der Waals surface area contributed by atoms with Crippen LogP contribution in [0.15, 0.2) is 96.0 Å². The summed E-state index contributed by atoms with van der Waals surface area (Å²) in [6.45, 7) is 2.75. The van der Waals surface area contributed by atoms with Crippen molar-refractivity contribution < 1.29 is 0 Å². The Bertz CT molecular complexity index is 1150. The molecule has 0 radical (unpaired) electrons. The van der Waals surface area contributed by atoms with Crippen LogP contribution in [0.3, 0.4) is 0 Å². The van der Waals surface area contributed by atoms with Gasteiger partial charge in [0.1, 0.15) is 0 Å². The van der Waals surface area contributed by atoms with Crippen molar-refractivity contribution >= 4 is 23.2 Å². The second-order valence-corrected chi connectivity index (χ2v) is 6.98. The summed E-state index contributed by atoms with van der Waals surface area (Å²) >= 11 is 0. The van der Waals surface area contributed by atoms with Gasteiger partial charge in [-0.2, -0.15) is 10.1 Å². The zero-order chi connectivity index (χ0) is 19.6. The van der Waals surface area contributed by atoms with Crippen molar-refractivity contribution in [3.63, 3.8) is 0 Å². The molecular formula is C24H21N5. The van der Waals surface area contributed by atoms with Crippen LogP contribution in [0.2, 0.25) is 0 Å². The number of fused-ring (bicyclic) bond motifs is 1. The quantitative estimate of drug-likeness (QED) is 0.525. The van der Waals surface area contributed by atoms with Gasteiger partial charge in [0.15, 0.2) is 5.82 Å². The number of anilines is 2. The molecule has 1 aliphatic rings. The van der Waals surface area contributed by atoms with Crippen molar-refractivity contribution in [3.05, 3.63) is 102 Å². The minimum absolute atomic E-state index is 0.705. The third kappa shape index (κ3) is 3.27. The molecule has 0 atom stereocenters. The van der Waals surface area contributed by atoms with E-state index in [4.69, 9.17) is 10.1 Å². The van der Waals surface area contributed by atoms with E-state index in [0.29, 0.717) is 6.54 Å². The number of aliphatic imine (C=N–C) groups is 1. The third-order valence-electron chi connectivity index (χ3n) is 5.04. The van der Waals surface area contributed by atoms with Crippen LogP contribution in [0.4, 0.5) is 17.2 Å². The van der Waals surface area contributed by atoms with Crippen LogP contribution >= 0.6 is 0 Å². The lowest BCUT2D eigenvalue weighted by atomic mass is 10.1. The number of aryl methyl sites for hydroxylation is 1. The second kappa shape index (κ2) is 7.28. The lowest BCUT2D eigenvalue weighted by Gasteiger charge is -2.30. The Hall–Kier alpha value is -3.86. The summed E-state index contributed by atoms with van der Waals surface area (Å²) < 4.78 is 1.93. The van der Waals surface area contributed by atoms with Crippen LogP contribution in [0.5, 0.6) is 0 Å². The molecule has 1 aliphatic heterocycles. The van der Waals surface area contributed by atoms with E-state index in [2.05, 4.69) is 34.5 Å². The lowest BCUT2D eigenvalue weighted by Crippen LogP contribution is -2.38. The molecule has 0 saturated carbocycles. The third-order valence-corrected chi connectivity index (χ3v) is 5.04. The van der Waals surface area contributed by atoms with E-state index in [1.165, 1.54) is 0 Å². The molecule has 0 fully saturated rings. The van der Waals surface area contributed by atoms with E-state index in [-0.39, 0.29) is 0 Å². The molecule has 0 saturated heterocycles. The molecule has 5 nitrogen and oxygen atoms in total. The predicted molar refractivity (Wildman–Crippen MR) is 118 cm³/mol. The average Bonchev–Trinajstić information content (AvgIpc) is 3.11. The molecule has 0 spiro atoms. The Labute approximate surface area is 170 Å². The standard InChI is InChI=1S/C24H21N5/c1-18-22-17-28(20-13-7-3-8-14-20)24(25-19-11-5-2-6-12-19)26-23(22)29(27-18)21-15-9-4-10-16-21/h2-16H,17H2,1H3,(H,25,26). The summed E-state index contributed by atoms with van der Waals surface area (Å²) in [6, 6.07) is 30.6. The zero-order valence-corrected chi connectivity index (χ0v) is 16.2.